The van der Waals surface area contributed by atoms with Crippen LogP contribution in [0, 0.1) is 0 Å². The first-order valence-corrected chi connectivity index (χ1v) is 6.59. The number of carbonyl (C=O) groups is 1. The molecule has 0 saturated heterocycles. The van der Waals surface area contributed by atoms with Crippen LogP contribution in [-0.4, -0.2) is 21.2 Å². The Balaban J connectivity index is 1.96. The Morgan fingerprint density at radius 1 is 0.818 bits per heavy atom. The molecule has 0 bridgehead atoms. The minimum Gasteiger partial charge on any atom is -0.508 e. The van der Waals surface area contributed by atoms with Gasteiger partial charge in [0.25, 0.3) is 5.91 Å². The maximum Gasteiger partial charge on any atom is 0.259 e. The number of carbonyl (C=O) groups excluding carboxylic acids is 1. The lowest BCUT2D eigenvalue weighted by molar-refractivity contribution is 0.102. The molecule has 0 aliphatic rings. The average molecular weight is 295 g/mol. The molecule has 0 saturated carbocycles. The molecular formula is C17H13NO4. The van der Waals surface area contributed by atoms with Crippen molar-refractivity contribution in [3.05, 3.63) is 60.2 Å². The monoisotopic (exact) mass is 295 g/mol. The van der Waals surface area contributed by atoms with Gasteiger partial charge in [-0.3, -0.25) is 4.79 Å². The van der Waals surface area contributed by atoms with Gasteiger partial charge in [-0.15, -0.1) is 0 Å². The van der Waals surface area contributed by atoms with Crippen LogP contribution in [0.5, 0.6) is 17.2 Å². The number of fused-ring (bicyclic) bond motifs is 1. The fourth-order valence-corrected chi connectivity index (χ4v) is 2.24. The largest absolute Gasteiger partial charge is 0.508 e. The average Bonchev–Trinajstić information content (AvgIpc) is 2.46. The lowest BCUT2D eigenvalue weighted by Crippen LogP contribution is -2.12. The van der Waals surface area contributed by atoms with Crippen molar-refractivity contribution < 1.29 is 20.1 Å². The van der Waals surface area contributed by atoms with Crippen molar-refractivity contribution in [1.29, 1.82) is 0 Å². The first-order chi connectivity index (χ1) is 10.5. The minimum atomic E-state index is -0.488. The minimum absolute atomic E-state index is 0.0380. The second-order valence-corrected chi connectivity index (χ2v) is 4.91. The number of anilines is 1. The molecule has 0 aliphatic heterocycles. The van der Waals surface area contributed by atoms with Crippen LogP contribution in [-0.2, 0) is 0 Å². The van der Waals surface area contributed by atoms with Gasteiger partial charge in [0.05, 0.1) is 5.56 Å². The summed E-state index contributed by atoms with van der Waals surface area (Å²) in [5, 5.41) is 32.8. The summed E-state index contributed by atoms with van der Waals surface area (Å²) in [4.78, 5) is 12.3. The van der Waals surface area contributed by atoms with Crippen molar-refractivity contribution in [3.8, 4) is 17.2 Å². The molecule has 3 aromatic carbocycles. The lowest BCUT2D eigenvalue weighted by Gasteiger charge is -2.09. The van der Waals surface area contributed by atoms with Crippen LogP contribution < -0.4 is 5.32 Å². The number of phenols is 3. The van der Waals surface area contributed by atoms with Gasteiger partial charge in [-0.2, -0.15) is 0 Å². The molecule has 110 valence electrons. The van der Waals surface area contributed by atoms with Gasteiger partial charge in [-0.25, -0.2) is 0 Å². The molecule has 5 heteroatoms. The Hall–Kier alpha value is -3.21. The van der Waals surface area contributed by atoms with Gasteiger partial charge in [0, 0.05) is 11.8 Å². The zero-order valence-corrected chi connectivity index (χ0v) is 11.4. The van der Waals surface area contributed by atoms with Gasteiger partial charge < -0.3 is 20.6 Å². The van der Waals surface area contributed by atoms with E-state index in [4.69, 9.17) is 0 Å². The molecule has 0 aliphatic carbocycles. The van der Waals surface area contributed by atoms with Gasteiger partial charge in [0.2, 0.25) is 0 Å². The van der Waals surface area contributed by atoms with E-state index in [1.165, 1.54) is 30.3 Å². The van der Waals surface area contributed by atoms with E-state index >= 15 is 0 Å². The first-order valence-electron chi connectivity index (χ1n) is 6.59. The van der Waals surface area contributed by atoms with E-state index in [0.29, 0.717) is 11.1 Å². The summed E-state index contributed by atoms with van der Waals surface area (Å²) in [6.45, 7) is 0. The van der Waals surface area contributed by atoms with Gasteiger partial charge in [0.1, 0.15) is 17.2 Å². The van der Waals surface area contributed by atoms with E-state index in [1.807, 2.05) is 0 Å². The van der Waals surface area contributed by atoms with Crippen LogP contribution >= 0.6 is 0 Å². The third-order valence-electron chi connectivity index (χ3n) is 3.29. The Bertz CT molecular complexity index is 874. The SMILES string of the molecule is O=C(Nc1cccc(O)c1)c1cc2ccc(O)cc2cc1O. The maximum absolute atomic E-state index is 12.3. The smallest absolute Gasteiger partial charge is 0.259 e. The van der Waals surface area contributed by atoms with Gasteiger partial charge >= 0.3 is 0 Å². The van der Waals surface area contributed by atoms with Crippen LogP contribution in [0.1, 0.15) is 10.4 Å². The number of hydrogen-bond donors (Lipinski definition) is 4. The highest BCUT2D eigenvalue weighted by atomic mass is 16.3. The van der Waals surface area contributed by atoms with Crippen LogP contribution in [0.15, 0.2) is 54.6 Å². The van der Waals surface area contributed by atoms with Gasteiger partial charge in [-0.1, -0.05) is 12.1 Å². The van der Waals surface area contributed by atoms with E-state index in [0.717, 1.165) is 5.39 Å². The summed E-state index contributed by atoms with van der Waals surface area (Å²) >= 11 is 0. The molecule has 0 unspecified atom stereocenters. The lowest BCUT2D eigenvalue weighted by atomic mass is 10.0. The molecule has 4 N–H and O–H groups in total. The second-order valence-electron chi connectivity index (χ2n) is 4.91. The molecule has 3 aromatic rings. The van der Waals surface area contributed by atoms with Crippen LogP contribution in [0.4, 0.5) is 5.69 Å². The van der Waals surface area contributed by atoms with Crippen molar-refractivity contribution >= 4 is 22.4 Å². The highest BCUT2D eigenvalue weighted by molar-refractivity contribution is 6.08. The summed E-state index contributed by atoms with van der Waals surface area (Å²) in [6, 6.07) is 13.8. The van der Waals surface area contributed by atoms with Crippen molar-refractivity contribution in [2.75, 3.05) is 5.32 Å². The highest BCUT2D eigenvalue weighted by Gasteiger charge is 2.13. The van der Waals surface area contributed by atoms with Gasteiger partial charge in [-0.05, 0) is 47.2 Å². The Labute approximate surface area is 126 Å². The number of rotatable bonds is 2. The topological polar surface area (TPSA) is 89.8 Å². The quantitative estimate of drug-likeness (QED) is 0.584. The van der Waals surface area contributed by atoms with E-state index in [2.05, 4.69) is 5.32 Å². The number of benzene rings is 3. The highest BCUT2D eigenvalue weighted by Crippen LogP contribution is 2.28. The molecule has 22 heavy (non-hydrogen) atoms. The predicted molar refractivity (Wildman–Crippen MR) is 83.3 cm³/mol. The zero-order valence-electron chi connectivity index (χ0n) is 11.4. The molecule has 0 radical (unpaired) electrons. The molecule has 5 nitrogen and oxygen atoms in total. The summed E-state index contributed by atoms with van der Waals surface area (Å²) in [5.74, 6) is -0.548. The van der Waals surface area contributed by atoms with E-state index in [9.17, 15) is 20.1 Å². The number of nitrogens with one attached hydrogen (secondary N) is 1. The zero-order chi connectivity index (χ0) is 15.7. The molecule has 0 fully saturated rings. The Morgan fingerprint density at radius 2 is 1.59 bits per heavy atom. The van der Waals surface area contributed by atoms with E-state index in [-0.39, 0.29) is 22.8 Å². The number of hydrogen-bond acceptors (Lipinski definition) is 4. The third kappa shape index (κ3) is 2.64. The normalized spacial score (nSPS) is 10.5. The fraction of sp³-hybridized carbons (Fsp3) is 0. The molecule has 1 amide bonds. The Kier molecular flexibility index (Phi) is 3.31. The summed E-state index contributed by atoms with van der Waals surface area (Å²) < 4.78 is 0. The van der Waals surface area contributed by atoms with Gasteiger partial charge in [0.15, 0.2) is 0 Å². The molecule has 0 aromatic heterocycles. The van der Waals surface area contributed by atoms with Crippen LogP contribution in [0.2, 0.25) is 0 Å². The maximum atomic E-state index is 12.3. The summed E-state index contributed by atoms with van der Waals surface area (Å²) in [5.41, 5.74) is 0.539. The van der Waals surface area contributed by atoms with E-state index < -0.39 is 5.91 Å². The fourth-order valence-electron chi connectivity index (χ4n) is 2.24. The molecule has 0 atom stereocenters. The van der Waals surface area contributed by atoms with Crippen molar-refractivity contribution in [3.63, 3.8) is 0 Å². The number of aromatic hydroxyl groups is 3. The number of phenolic OH excluding ortho intramolecular Hbond substituents is 3. The Morgan fingerprint density at radius 3 is 2.36 bits per heavy atom. The van der Waals surface area contributed by atoms with Crippen LogP contribution in [0.3, 0.4) is 0 Å². The molecule has 0 spiro atoms. The summed E-state index contributed by atoms with van der Waals surface area (Å²) in [7, 11) is 0. The van der Waals surface area contributed by atoms with Crippen LogP contribution in [0.25, 0.3) is 10.8 Å². The second kappa shape index (κ2) is 5.29. The molecule has 3 rings (SSSR count). The van der Waals surface area contributed by atoms with Crippen molar-refractivity contribution in [1.82, 2.24) is 0 Å². The van der Waals surface area contributed by atoms with Crippen molar-refractivity contribution in [2.24, 2.45) is 0 Å². The van der Waals surface area contributed by atoms with E-state index in [1.54, 1.807) is 24.3 Å². The summed E-state index contributed by atoms with van der Waals surface area (Å²) in [6.07, 6.45) is 0. The standard InChI is InChI=1S/C17H13NO4/c19-13-3-1-2-12(9-13)18-17(22)15-7-10-4-5-14(20)6-11(10)8-16(15)21/h1-9,19-21H,(H,18,22). The first kappa shape index (κ1) is 13.8. The van der Waals surface area contributed by atoms with Crippen molar-refractivity contribution in [2.45, 2.75) is 0 Å². The molecule has 0 heterocycles. The number of amides is 1. The third-order valence-corrected chi connectivity index (χ3v) is 3.29. The molecular weight excluding hydrogens is 282 g/mol. The predicted octanol–water partition coefficient (Wildman–Crippen LogP) is 3.21.